The van der Waals surface area contributed by atoms with E-state index in [9.17, 15) is 4.79 Å². The second-order valence-corrected chi connectivity index (χ2v) is 6.71. The summed E-state index contributed by atoms with van der Waals surface area (Å²) in [6.45, 7) is 8.37. The van der Waals surface area contributed by atoms with E-state index in [-0.39, 0.29) is 11.3 Å². The van der Waals surface area contributed by atoms with Crippen LogP contribution in [0.5, 0.6) is 5.75 Å². The minimum Gasteiger partial charge on any atom is -0.497 e. The number of amides is 1. The average molecular weight is 290 g/mol. The fourth-order valence-electron chi connectivity index (χ4n) is 2.70. The van der Waals surface area contributed by atoms with E-state index >= 15 is 0 Å². The van der Waals surface area contributed by atoms with Crippen LogP contribution in [0.3, 0.4) is 0 Å². The maximum Gasteiger partial charge on any atom is 0.228 e. The summed E-state index contributed by atoms with van der Waals surface area (Å²) in [5.41, 5.74) is 0.926. The first-order valence-corrected chi connectivity index (χ1v) is 7.56. The molecule has 1 unspecified atom stereocenters. The van der Waals surface area contributed by atoms with Gasteiger partial charge in [-0.1, -0.05) is 32.9 Å². The number of nitrogens with one attached hydrogen (secondary N) is 1. The lowest BCUT2D eigenvalue weighted by Crippen LogP contribution is -2.55. The van der Waals surface area contributed by atoms with Gasteiger partial charge < -0.3 is 15.0 Å². The van der Waals surface area contributed by atoms with Crippen LogP contribution in [0.2, 0.25) is 0 Å². The number of benzene rings is 1. The smallest absolute Gasteiger partial charge is 0.228 e. The lowest BCUT2D eigenvalue weighted by atomic mass is 9.93. The molecule has 21 heavy (non-hydrogen) atoms. The summed E-state index contributed by atoms with van der Waals surface area (Å²) >= 11 is 0. The van der Waals surface area contributed by atoms with Gasteiger partial charge in [-0.15, -0.1) is 0 Å². The van der Waals surface area contributed by atoms with E-state index < -0.39 is 0 Å². The molecule has 1 aromatic carbocycles. The Labute approximate surface area is 127 Å². The van der Waals surface area contributed by atoms with Crippen LogP contribution in [0.4, 0.5) is 0 Å². The number of hydrogen-bond acceptors (Lipinski definition) is 3. The van der Waals surface area contributed by atoms with Crippen LogP contribution in [0.25, 0.3) is 0 Å². The Morgan fingerprint density at radius 1 is 1.43 bits per heavy atom. The lowest BCUT2D eigenvalue weighted by molar-refractivity contribution is -0.140. The first-order chi connectivity index (χ1) is 9.90. The molecule has 0 bridgehead atoms. The van der Waals surface area contributed by atoms with Crippen LogP contribution >= 0.6 is 0 Å². The van der Waals surface area contributed by atoms with Gasteiger partial charge in [-0.05, 0) is 24.1 Å². The van der Waals surface area contributed by atoms with Crippen molar-refractivity contribution in [3.05, 3.63) is 29.8 Å². The number of carbonyl (C=O) groups is 1. The van der Waals surface area contributed by atoms with Gasteiger partial charge in [0.25, 0.3) is 0 Å². The molecule has 1 aliphatic heterocycles. The van der Waals surface area contributed by atoms with Crippen molar-refractivity contribution in [2.45, 2.75) is 33.2 Å². The summed E-state index contributed by atoms with van der Waals surface area (Å²) in [6.07, 6.45) is 0.908. The summed E-state index contributed by atoms with van der Waals surface area (Å²) in [4.78, 5) is 14.4. The largest absolute Gasteiger partial charge is 0.497 e. The normalized spacial score (nSPS) is 19.4. The highest BCUT2D eigenvalue weighted by atomic mass is 16.5. The predicted molar refractivity (Wildman–Crippen MR) is 84.5 cm³/mol. The number of piperazine rings is 1. The van der Waals surface area contributed by atoms with Gasteiger partial charge in [0.15, 0.2) is 0 Å². The van der Waals surface area contributed by atoms with Gasteiger partial charge in [0.05, 0.1) is 7.11 Å². The van der Waals surface area contributed by atoms with Crippen molar-refractivity contribution >= 4 is 5.91 Å². The molecule has 0 aliphatic carbocycles. The highest BCUT2D eigenvalue weighted by Gasteiger charge is 2.30. The van der Waals surface area contributed by atoms with E-state index in [1.54, 1.807) is 7.11 Å². The summed E-state index contributed by atoms with van der Waals surface area (Å²) < 4.78 is 5.26. The third kappa shape index (κ3) is 4.21. The maximum absolute atomic E-state index is 12.4. The number of carbonyl (C=O) groups excluding carboxylic acids is 1. The third-order valence-electron chi connectivity index (χ3n) is 3.80. The molecule has 0 aromatic heterocycles. The molecule has 0 spiro atoms. The number of nitrogens with zero attached hydrogens (tertiary/aromatic N) is 1. The van der Waals surface area contributed by atoms with Crippen LogP contribution in [-0.2, 0) is 11.2 Å². The predicted octanol–water partition coefficient (Wildman–Crippen LogP) is 2.08. The zero-order valence-corrected chi connectivity index (χ0v) is 13.5. The first kappa shape index (κ1) is 15.8. The number of methoxy groups -OCH3 is 1. The second-order valence-electron chi connectivity index (χ2n) is 6.71. The van der Waals surface area contributed by atoms with E-state index in [4.69, 9.17) is 4.74 Å². The maximum atomic E-state index is 12.4. The van der Waals surface area contributed by atoms with Gasteiger partial charge in [0, 0.05) is 31.1 Å². The van der Waals surface area contributed by atoms with Crippen molar-refractivity contribution in [1.82, 2.24) is 10.2 Å². The monoisotopic (exact) mass is 290 g/mol. The van der Waals surface area contributed by atoms with E-state index in [0.29, 0.717) is 6.04 Å². The quantitative estimate of drug-likeness (QED) is 0.927. The summed E-state index contributed by atoms with van der Waals surface area (Å²) in [7, 11) is 1.68. The fourth-order valence-corrected chi connectivity index (χ4v) is 2.70. The van der Waals surface area contributed by atoms with Crippen LogP contribution in [0.1, 0.15) is 26.3 Å². The molecule has 1 aromatic rings. The fraction of sp³-hybridized carbons (Fsp3) is 0.588. The summed E-state index contributed by atoms with van der Waals surface area (Å²) in [6, 6.07) is 8.43. The first-order valence-electron chi connectivity index (χ1n) is 7.56. The van der Waals surface area contributed by atoms with Crippen molar-refractivity contribution in [3.8, 4) is 5.75 Å². The summed E-state index contributed by atoms with van der Waals surface area (Å²) in [5.74, 6) is 1.12. The van der Waals surface area contributed by atoms with Crippen molar-refractivity contribution in [2.24, 2.45) is 5.41 Å². The molecule has 116 valence electrons. The molecule has 1 heterocycles. The molecule has 1 atom stereocenters. The van der Waals surface area contributed by atoms with Crippen LogP contribution in [0.15, 0.2) is 24.3 Å². The lowest BCUT2D eigenvalue weighted by Gasteiger charge is -2.37. The molecule has 1 aliphatic rings. The Morgan fingerprint density at radius 2 is 2.19 bits per heavy atom. The molecule has 2 rings (SSSR count). The Balaban J connectivity index is 1.99. The minimum absolute atomic E-state index is 0.236. The van der Waals surface area contributed by atoms with E-state index in [1.807, 2.05) is 37.8 Å². The Kier molecular flexibility index (Phi) is 4.88. The van der Waals surface area contributed by atoms with E-state index in [1.165, 1.54) is 5.56 Å². The zero-order valence-electron chi connectivity index (χ0n) is 13.5. The van der Waals surface area contributed by atoms with Crippen LogP contribution < -0.4 is 10.1 Å². The molecule has 0 radical (unpaired) electrons. The van der Waals surface area contributed by atoms with Crippen molar-refractivity contribution in [1.29, 1.82) is 0 Å². The molecule has 4 heteroatoms. The van der Waals surface area contributed by atoms with Gasteiger partial charge in [-0.3, -0.25) is 4.79 Å². The number of hydrogen-bond donors (Lipinski definition) is 1. The molecular formula is C17H26N2O2. The van der Waals surface area contributed by atoms with Gasteiger partial charge in [-0.25, -0.2) is 0 Å². The topological polar surface area (TPSA) is 41.6 Å². The molecule has 1 fully saturated rings. The van der Waals surface area contributed by atoms with E-state index in [2.05, 4.69) is 17.4 Å². The highest BCUT2D eigenvalue weighted by Crippen LogP contribution is 2.20. The Hall–Kier alpha value is -1.55. The highest BCUT2D eigenvalue weighted by molar-refractivity contribution is 5.81. The second kappa shape index (κ2) is 6.48. The Morgan fingerprint density at radius 3 is 2.86 bits per heavy atom. The Bertz CT molecular complexity index is 494. The van der Waals surface area contributed by atoms with Crippen LogP contribution in [-0.4, -0.2) is 43.6 Å². The van der Waals surface area contributed by atoms with Crippen molar-refractivity contribution in [3.63, 3.8) is 0 Å². The van der Waals surface area contributed by atoms with Gasteiger partial charge in [0.1, 0.15) is 5.75 Å². The summed E-state index contributed by atoms with van der Waals surface area (Å²) in [5, 5.41) is 3.51. The number of rotatable bonds is 3. The standard InChI is InChI=1S/C17H26N2O2/c1-17(2,3)16(20)19-9-8-18-14(12-19)10-13-6-5-7-15(11-13)21-4/h5-7,11,14,18H,8-10,12H2,1-4H3. The van der Waals surface area contributed by atoms with E-state index in [0.717, 1.165) is 31.8 Å². The molecule has 1 amide bonds. The van der Waals surface area contributed by atoms with Gasteiger partial charge in [-0.2, -0.15) is 0 Å². The SMILES string of the molecule is COc1cccc(CC2CN(C(=O)C(C)(C)C)CCN2)c1. The minimum atomic E-state index is -0.308. The molecule has 0 saturated carbocycles. The zero-order chi connectivity index (χ0) is 15.5. The molecular weight excluding hydrogens is 264 g/mol. The van der Waals surface area contributed by atoms with Crippen molar-refractivity contribution < 1.29 is 9.53 Å². The molecule has 1 saturated heterocycles. The molecule has 4 nitrogen and oxygen atoms in total. The van der Waals surface area contributed by atoms with Gasteiger partial charge >= 0.3 is 0 Å². The van der Waals surface area contributed by atoms with Crippen LogP contribution in [0, 0.1) is 5.41 Å². The average Bonchev–Trinajstić information content (AvgIpc) is 2.46. The molecule has 1 N–H and O–H groups in total. The van der Waals surface area contributed by atoms with Crippen molar-refractivity contribution in [2.75, 3.05) is 26.7 Å². The number of ether oxygens (including phenoxy) is 1. The van der Waals surface area contributed by atoms with Gasteiger partial charge in [0.2, 0.25) is 5.91 Å². The third-order valence-corrected chi connectivity index (χ3v) is 3.80.